The third kappa shape index (κ3) is 2.96. The predicted molar refractivity (Wildman–Crippen MR) is 90.7 cm³/mol. The van der Waals surface area contributed by atoms with Gasteiger partial charge in [-0.15, -0.1) is 5.10 Å². The van der Waals surface area contributed by atoms with Crippen molar-refractivity contribution in [2.24, 2.45) is 0 Å². The van der Waals surface area contributed by atoms with E-state index >= 15 is 0 Å². The molecule has 0 bridgehead atoms. The molecule has 6 nitrogen and oxygen atoms in total. The Hall–Kier alpha value is -2.51. The second kappa shape index (κ2) is 6.42. The summed E-state index contributed by atoms with van der Waals surface area (Å²) in [7, 11) is 0. The maximum atomic E-state index is 13.3. The van der Waals surface area contributed by atoms with Crippen LogP contribution in [-0.4, -0.2) is 27.4 Å². The molecule has 130 valence electrons. The van der Waals surface area contributed by atoms with Crippen LogP contribution in [-0.2, 0) is 16.9 Å². The van der Waals surface area contributed by atoms with E-state index in [0.717, 1.165) is 18.4 Å². The fourth-order valence-electron chi connectivity index (χ4n) is 3.35. The predicted octanol–water partition coefficient (Wildman–Crippen LogP) is 1.89. The summed E-state index contributed by atoms with van der Waals surface area (Å²) in [4.78, 5) is 12.4. The largest absolute Gasteiger partial charge is 0.381 e. The van der Waals surface area contributed by atoms with Crippen LogP contribution in [0.1, 0.15) is 18.4 Å². The Kier molecular flexibility index (Phi) is 4.10. The van der Waals surface area contributed by atoms with E-state index in [2.05, 4.69) is 10.4 Å². The molecule has 3 aromatic rings. The van der Waals surface area contributed by atoms with Gasteiger partial charge in [0.2, 0.25) is 0 Å². The SMILES string of the molecule is O=c1n(CNC2(c3ccc(F)cc3)CCOCC2)nc2ccccn12. The monoisotopic (exact) mass is 342 g/mol. The first-order chi connectivity index (χ1) is 12.2. The average Bonchev–Trinajstić information content (AvgIpc) is 2.98. The van der Waals surface area contributed by atoms with Crippen LogP contribution in [0.2, 0.25) is 0 Å². The molecule has 0 atom stereocenters. The van der Waals surface area contributed by atoms with E-state index in [1.165, 1.54) is 21.2 Å². The number of rotatable bonds is 4. The molecule has 1 N–H and O–H groups in total. The normalized spacial score (nSPS) is 17.0. The molecule has 1 aliphatic heterocycles. The van der Waals surface area contributed by atoms with Gasteiger partial charge in [0.15, 0.2) is 5.65 Å². The topological polar surface area (TPSA) is 60.6 Å². The summed E-state index contributed by atoms with van der Waals surface area (Å²) >= 11 is 0. The minimum absolute atomic E-state index is 0.190. The summed E-state index contributed by atoms with van der Waals surface area (Å²) in [6.07, 6.45) is 3.20. The molecule has 0 amide bonds. The lowest BCUT2D eigenvalue weighted by Crippen LogP contribution is -2.48. The van der Waals surface area contributed by atoms with Crippen LogP contribution in [0.5, 0.6) is 0 Å². The molecule has 0 spiro atoms. The minimum Gasteiger partial charge on any atom is -0.381 e. The molecule has 4 rings (SSSR count). The Balaban J connectivity index is 1.63. The number of halogens is 1. The van der Waals surface area contributed by atoms with Gasteiger partial charge in [0.05, 0.1) is 6.67 Å². The highest BCUT2D eigenvalue weighted by Gasteiger charge is 2.34. The summed E-state index contributed by atoms with van der Waals surface area (Å²) in [5.41, 5.74) is 1.05. The van der Waals surface area contributed by atoms with Gasteiger partial charge >= 0.3 is 5.69 Å². The Bertz CT molecular complexity index is 926. The van der Waals surface area contributed by atoms with Crippen molar-refractivity contribution in [3.05, 3.63) is 70.5 Å². The maximum absolute atomic E-state index is 13.3. The van der Waals surface area contributed by atoms with Crippen molar-refractivity contribution in [3.8, 4) is 0 Å². The third-order valence-electron chi connectivity index (χ3n) is 4.80. The molecule has 2 aromatic heterocycles. The van der Waals surface area contributed by atoms with Crippen molar-refractivity contribution < 1.29 is 9.13 Å². The van der Waals surface area contributed by atoms with Crippen molar-refractivity contribution in [2.45, 2.75) is 25.0 Å². The summed E-state index contributed by atoms with van der Waals surface area (Å²) in [6.45, 7) is 1.51. The zero-order valence-electron chi connectivity index (χ0n) is 13.7. The van der Waals surface area contributed by atoms with Gasteiger partial charge in [0.1, 0.15) is 5.82 Å². The first kappa shape index (κ1) is 16.0. The second-order valence-electron chi connectivity index (χ2n) is 6.25. The number of nitrogens with one attached hydrogen (secondary N) is 1. The standard InChI is InChI=1S/C18H19FN4O2/c19-15-6-4-14(5-7-15)18(8-11-25-12-9-18)20-13-23-17(24)22-10-2-1-3-16(22)21-23/h1-7,10,20H,8-9,11-13H2. The number of benzene rings is 1. The Morgan fingerprint density at radius 1 is 1.16 bits per heavy atom. The zero-order chi connectivity index (χ0) is 17.3. The lowest BCUT2D eigenvalue weighted by atomic mass is 9.83. The molecular weight excluding hydrogens is 323 g/mol. The molecular formula is C18H19FN4O2. The first-order valence-electron chi connectivity index (χ1n) is 8.31. The quantitative estimate of drug-likeness (QED) is 0.787. The fourth-order valence-corrected chi connectivity index (χ4v) is 3.35. The molecule has 0 radical (unpaired) electrons. The summed E-state index contributed by atoms with van der Waals surface area (Å²) < 4.78 is 21.7. The molecule has 7 heteroatoms. The van der Waals surface area contributed by atoms with Crippen LogP contribution in [0.4, 0.5) is 4.39 Å². The van der Waals surface area contributed by atoms with Crippen molar-refractivity contribution in [1.82, 2.24) is 19.5 Å². The van der Waals surface area contributed by atoms with Crippen LogP contribution in [0, 0.1) is 5.82 Å². The fraction of sp³-hybridized carbons (Fsp3) is 0.333. The number of ether oxygens (including phenoxy) is 1. The summed E-state index contributed by atoms with van der Waals surface area (Å²) in [5.74, 6) is -0.262. The van der Waals surface area contributed by atoms with Gasteiger partial charge in [-0.1, -0.05) is 18.2 Å². The Labute approximate surface area is 143 Å². The summed E-state index contributed by atoms with van der Waals surface area (Å²) in [6, 6.07) is 11.9. The zero-order valence-corrected chi connectivity index (χ0v) is 13.7. The number of nitrogens with zero attached hydrogens (tertiary/aromatic N) is 3. The Morgan fingerprint density at radius 3 is 2.64 bits per heavy atom. The van der Waals surface area contributed by atoms with Crippen LogP contribution < -0.4 is 11.0 Å². The molecule has 1 aliphatic rings. The van der Waals surface area contributed by atoms with Gasteiger partial charge in [-0.05, 0) is 42.7 Å². The first-order valence-corrected chi connectivity index (χ1v) is 8.31. The van der Waals surface area contributed by atoms with Gasteiger partial charge in [-0.2, -0.15) is 4.68 Å². The molecule has 0 aliphatic carbocycles. The van der Waals surface area contributed by atoms with Crippen LogP contribution in [0.15, 0.2) is 53.5 Å². The molecule has 0 unspecified atom stereocenters. The number of fused-ring (bicyclic) bond motifs is 1. The Morgan fingerprint density at radius 2 is 1.92 bits per heavy atom. The van der Waals surface area contributed by atoms with E-state index in [9.17, 15) is 9.18 Å². The van der Waals surface area contributed by atoms with E-state index in [-0.39, 0.29) is 23.7 Å². The highest BCUT2D eigenvalue weighted by atomic mass is 19.1. The van der Waals surface area contributed by atoms with Gasteiger partial charge in [-0.25, -0.2) is 9.18 Å². The molecule has 25 heavy (non-hydrogen) atoms. The van der Waals surface area contributed by atoms with E-state index in [4.69, 9.17) is 4.74 Å². The highest BCUT2D eigenvalue weighted by Crippen LogP contribution is 2.32. The minimum atomic E-state index is -0.360. The van der Waals surface area contributed by atoms with Crippen molar-refractivity contribution >= 4 is 5.65 Å². The van der Waals surface area contributed by atoms with Crippen molar-refractivity contribution in [1.29, 1.82) is 0 Å². The third-order valence-corrected chi connectivity index (χ3v) is 4.80. The number of aromatic nitrogens is 3. The number of hydrogen-bond donors (Lipinski definition) is 1. The lowest BCUT2D eigenvalue weighted by molar-refractivity contribution is 0.0323. The average molecular weight is 342 g/mol. The van der Waals surface area contributed by atoms with Crippen LogP contribution >= 0.6 is 0 Å². The van der Waals surface area contributed by atoms with E-state index in [0.29, 0.717) is 18.9 Å². The van der Waals surface area contributed by atoms with Crippen LogP contribution in [0.25, 0.3) is 5.65 Å². The van der Waals surface area contributed by atoms with Crippen molar-refractivity contribution in [2.75, 3.05) is 13.2 Å². The number of pyridine rings is 1. The smallest absolute Gasteiger partial charge is 0.351 e. The van der Waals surface area contributed by atoms with Gasteiger partial charge < -0.3 is 4.74 Å². The molecule has 1 fully saturated rings. The lowest BCUT2D eigenvalue weighted by Gasteiger charge is -2.38. The van der Waals surface area contributed by atoms with E-state index in [1.54, 1.807) is 30.5 Å². The van der Waals surface area contributed by atoms with Crippen LogP contribution in [0.3, 0.4) is 0 Å². The van der Waals surface area contributed by atoms with Crippen molar-refractivity contribution in [3.63, 3.8) is 0 Å². The maximum Gasteiger partial charge on any atom is 0.351 e. The summed E-state index contributed by atoms with van der Waals surface area (Å²) in [5, 5.41) is 7.82. The highest BCUT2D eigenvalue weighted by molar-refractivity contribution is 5.35. The van der Waals surface area contributed by atoms with E-state index in [1.807, 2.05) is 6.07 Å². The van der Waals surface area contributed by atoms with Gasteiger partial charge in [0, 0.05) is 24.9 Å². The van der Waals surface area contributed by atoms with Gasteiger partial charge in [0.25, 0.3) is 0 Å². The van der Waals surface area contributed by atoms with Gasteiger partial charge in [-0.3, -0.25) is 9.72 Å². The molecule has 1 saturated heterocycles. The molecule has 3 heterocycles. The molecule has 1 aromatic carbocycles. The number of hydrogen-bond acceptors (Lipinski definition) is 4. The second-order valence-corrected chi connectivity index (χ2v) is 6.25. The molecule has 0 saturated carbocycles. The van der Waals surface area contributed by atoms with E-state index < -0.39 is 0 Å².